The summed E-state index contributed by atoms with van der Waals surface area (Å²) < 4.78 is 5.68. The molecule has 1 atom stereocenters. The van der Waals surface area contributed by atoms with E-state index in [-0.39, 0.29) is 6.04 Å². The predicted molar refractivity (Wildman–Crippen MR) is 87.0 cm³/mol. The highest BCUT2D eigenvalue weighted by molar-refractivity contribution is 6.42. The first kappa shape index (κ1) is 16.1. The molecule has 112 valence electrons. The molecule has 5 heteroatoms. The monoisotopic (exact) mass is 324 g/mol. The van der Waals surface area contributed by atoms with Crippen LogP contribution in [-0.4, -0.2) is 11.0 Å². The van der Waals surface area contributed by atoms with Crippen LogP contribution >= 0.6 is 23.2 Å². The summed E-state index contributed by atoms with van der Waals surface area (Å²) in [5.41, 5.74) is 7.73. The quantitative estimate of drug-likeness (QED) is 0.864. The van der Waals surface area contributed by atoms with Crippen LogP contribution in [0.5, 0.6) is 5.75 Å². The van der Waals surface area contributed by atoms with E-state index in [4.69, 9.17) is 33.7 Å². The van der Waals surface area contributed by atoms with Crippen LogP contribution in [0.3, 0.4) is 0 Å². The summed E-state index contributed by atoms with van der Waals surface area (Å²) in [6.45, 7) is 2.42. The summed E-state index contributed by atoms with van der Waals surface area (Å²) >= 11 is 12.1. The van der Waals surface area contributed by atoms with Crippen molar-refractivity contribution >= 4 is 23.2 Å². The van der Waals surface area contributed by atoms with Gasteiger partial charge in [-0.2, -0.15) is 0 Å². The zero-order chi connectivity index (χ0) is 15.2. The van der Waals surface area contributed by atoms with Crippen molar-refractivity contribution in [3.63, 3.8) is 0 Å². The van der Waals surface area contributed by atoms with Crippen molar-refractivity contribution in [1.82, 2.24) is 4.98 Å². The second-order valence-corrected chi connectivity index (χ2v) is 5.64. The minimum Gasteiger partial charge on any atom is -0.487 e. The number of halogens is 2. The van der Waals surface area contributed by atoms with Gasteiger partial charge in [-0.15, -0.1) is 0 Å². The molecule has 0 bridgehead atoms. The van der Waals surface area contributed by atoms with E-state index in [9.17, 15) is 0 Å². The third-order valence-electron chi connectivity index (χ3n) is 3.22. The van der Waals surface area contributed by atoms with Crippen molar-refractivity contribution in [2.45, 2.75) is 32.4 Å². The number of nitrogens with zero attached hydrogens (tertiary/aromatic N) is 1. The predicted octanol–water partition coefficient (Wildman–Crippen LogP) is 4.25. The first-order valence-electron chi connectivity index (χ1n) is 6.86. The third-order valence-corrected chi connectivity index (χ3v) is 4.08. The van der Waals surface area contributed by atoms with Crippen LogP contribution in [0.25, 0.3) is 0 Å². The molecule has 1 aromatic carbocycles. The van der Waals surface area contributed by atoms with E-state index < -0.39 is 0 Å². The van der Waals surface area contributed by atoms with Gasteiger partial charge in [0.05, 0.1) is 16.2 Å². The molecule has 3 nitrogen and oxygen atoms in total. The minimum absolute atomic E-state index is 0.148. The molecule has 2 N–H and O–H groups in total. The topological polar surface area (TPSA) is 48.1 Å². The Morgan fingerprint density at radius 2 is 2.05 bits per heavy atom. The number of hydrogen-bond acceptors (Lipinski definition) is 3. The van der Waals surface area contributed by atoms with Crippen molar-refractivity contribution in [2.75, 3.05) is 0 Å². The molecule has 0 saturated heterocycles. The minimum atomic E-state index is 0.148. The van der Waals surface area contributed by atoms with Crippen LogP contribution in [0, 0.1) is 0 Å². The van der Waals surface area contributed by atoms with Crippen molar-refractivity contribution in [2.24, 2.45) is 5.73 Å². The van der Waals surface area contributed by atoms with Crippen molar-refractivity contribution < 1.29 is 4.74 Å². The first-order valence-corrected chi connectivity index (χ1v) is 7.62. The van der Waals surface area contributed by atoms with E-state index in [1.807, 2.05) is 24.3 Å². The Labute approximate surface area is 135 Å². The normalized spacial score (nSPS) is 12.2. The molecule has 1 unspecified atom stereocenters. The van der Waals surface area contributed by atoms with E-state index in [2.05, 4.69) is 11.9 Å². The van der Waals surface area contributed by atoms with Gasteiger partial charge in [-0.3, -0.25) is 4.98 Å². The molecule has 0 fully saturated rings. The molecule has 0 spiro atoms. The molecule has 0 amide bonds. The number of ether oxygens (including phenoxy) is 1. The number of nitrogens with two attached hydrogens (primary N) is 1. The highest BCUT2D eigenvalue weighted by Crippen LogP contribution is 2.26. The molecule has 2 rings (SSSR count). The van der Waals surface area contributed by atoms with E-state index in [1.165, 1.54) is 0 Å². The first-order chi connectivity index (χ1) is 10.1. The molecule has 0 aliphatic heterocycles. The maximum atomic E-state index is 6.12. The number of hydrogen-bond donors (Lipinski definition) is 1. The molecule has 0 saturated carbocycles. The molecule has 21 heavy (non-hydrogen) atoms. The van der Waals surface area contributed by atoms with Gasteiger partial charge in [0.25, 0.3) is 0 Å². The molecule has 1 heterocycles. The molecular weight excluding hydrogens is 307 g/mol. The standard InChI is InChI=1S/C16H18Cl2N2O/c1-2-12(19)8-13-6-7-14(9-20-13)21-10-11-4-3-5-15(17)16(11)18/h3-7,9,12H,2,8,10,19H2,1H3. The van der Waals surface area contributed by atoms with Crippen molar-refractivity contribution in [3.8, 4) is 5.75 Å². The second kappa shape index (κ2) is 7.64. The van der Waals surface area contributed by atoms with Crippen LogP contribution < -0.4 is 10.5 Å². The van der Waals surface area contributed by atoms with Gasteiger partial charge in [0.1, 0.15) is 12.4 Å². The average Bonchev–Trinajstić information content (AvgIpc) is 2.50. The lowest BCUT2D eigenvalue weighted by molar-refractivity contribution is 0.305. The van der Waals surface area contributed by atoms with E-state index in [0.29, 0.717) is 22.4 Å². The van der Waals surface area contributed by atoms with E-state index in [1.54, 1.807) is 12.3 Å². The second-order valence-electron chi connectivity index (χ2n) is 4.86. The zero-order valence-corrected chi connectivity index (χ0v) is 13.4. The number of pyridine rings is 1. The average molecular weight is 325 g/mol. The smallest absolute Gasteiger partial charge is 0.138 e. The SMILES string of the molecule is CCC(N)Cc1ccc(OCc2cccc(Cl)c2Cl)cn1. The van der Waals surface area contributed by atoms with Gasteiger partial charge in [0.2, 0.25) is 0 Å². The molecule has 0 radical (unpaired) electrons. The van der Waals surface area contributed by atoms with Crippen LogP contribution in [-0.2, 0) is 13.0 Å². The van der Waals surface area contributed by atoms with Gasteiger partial charge < -0.3 is 10.5 Å². The van der Waals surface area contributed by atoms with Crippen LogP contribution in [0.1, 0.15) is 24.6 Å². The summed E-state index contributed by atoms with van der Waals surface area (Å²) in [5.74, 6) is 0.694. The Morgan fingerprint density at radius 3 is 2.71 bits per heavy atom. The summed E-state index contributed by atoms with van der Waals surface area (Å²) in [6, 6.07) is 9.46. The fourth-order valence-electron chi connectivity index (χ4n) is 1.85. The largest absolute Gasteiger partial charge is 0.487 e. The zero-order valence-electron chi connectivity index (χ0n) is 11.9. The summed E-state index contributed by atoms with van der Waals surface area (Å²) in [4.78, 5) is 4.35. The Bertz CT molecular complexity index is 587. The third kappa shape index (κ3) is 4.60. The van der Waals surface area contributed by atoms with Gasteiger partial charge in [-0.1, -0.05) is 42.3 Å². The van der Waals surface area contributed by atoms with Crippen LogP contribution in [0.15, 0.2) is 36.5 Å². The number of aromatic nitrogens is 1. The van der Waals surface area contributed by atoms with Gasteiger partial charge in [-0.05, 0) is 24.6 Å². The van der Waals surface area contributed by atoms with E-state index in [0.717, 1.165) is 24.1 Å². The van der Waals surface area contributed by atoms with Crippen LogP contribution in [0.2, 0.25) is 10.0 Å². The Morgan fingerprint density at radius 1 is 1.24 bits per heavy atom. The number of rotatable bonds is 6. The summed E-state index contributed by atoms with van der Waals surface area (Å²) in [5, 5.41) is 1.05. The highest BCUT2D eigenvalue weighted by Gasteiger charge is 2.06. The Balaban J connectivity index is 1.96. The maximum Gasteiger partial charge on any atom is 0.138 e. The molecule has 0 aliphatic carbocycles. The lowest BCUT2D eigenvalue weighted by atomic mass is 10.1. The Hall–Kier alpha value is -1.29. The van der Waals surface area contributed by atoms with Crippen LogP contribution in [0.4, 0.5) is 0 Å². The van der Waals surface area contributed by atoms with Gasteiger partial charge >= 0.3 is 0 Å². The Kier molecular flexibility index (Phi) is 5.85. The lowest BCUT2D eigenvalue weighted by Crippen LogP contribution is -2.21. The van der Waals surface area contributed by atoms with Crippen molar-refractivity contribution in [3.05, 3.63) is 57.8 Å². The molecule has 1 aromatic heterocycles. The van der Waals surface area contributed by atoms with Gasteiger partial charge in [0.15, 0.2) is 0 Å². The van der Waals surface area contributed by atoms with Gasteiger partial charge in [0, 0.05) is 23.7 Å². The molecule has 2 aromatic rings. The fraction of sp³-hybridized carbons (Fsp3) is 0.312. The van der Waals surface area contributed by atoms with Crippen molar-refractivity contribution in [1.29, 1.82) is 0 Å². The number of benzene rings is 1. The molecular formula is C16H18Cl2N2O. The van der Waals surface area contributed by atoms with Gasteiger partial charge in [-0.25, -0.2) is 0 Å². The lowest BCUT2D eigenvalue weighted by Gasteiger charge is -2.10. The highest BCUT2D eigenvalue weighted by atomic mass is 35.5. The summed E-state index contributed by atoms with van der Waals surface area (Å²) in [7, 11) is 0. The van der Waals surface area contributed by atoms with E-state index >= 15 is 0 Å². The fourth-order valence-corrected chi connectivity index (χ4v) is 2.23. The summed E-state index contributed by atoms with van der Waals surface area (Å²) in [6.07, 6.45) is 3.42. The maximum absolute atomic E-state index is 6.12. The molecule has 0 aliphatic rings.